The first kappa shape index (κ1) is 17.8. The summed E-state index contributed by atoms with van der Waals surface area (Å²) in [5.74, 6) is -0.359. The highest BCUT2D eigenvalue weighted by molar-refractivity contribution is 7.83. The van der Waals surface area contributed by atoms with Gasteiger partial charge in [0, 0.05) is 12.4 Å². The average Bonchev–Trinajstić information content (AvgIpc) is 3.30. The van der Waals surface area contributed by atoms with Gasteiger partial charge in [-0.3, -0.25) is 9.78 Å². The van der Waals surface area contributed by atoms with Crippen LogP contribution in [0.4, 0.5) is 0 Å². The molecule has 132 valence electrons. The minimum absolute atomic E-state index is 0.286. The van der Waals surface area contributed by atoms with Gasteiger partial charge in [0.2, 0.25) is 0 Å². The Hall–Kier alpha value is -2.05. The summed E-state index contributed by atoms with van der Waals surface area (Å²) in [6.45, 7) is 7.46. The second-order valence-corrected chi connectivity index (χ2v) is 8.52. The number of rotatable bonds is 4. The lowest BCUT2D eigenvalue weighted by molar-refractivity contribution is -0.154. The zero-order chi connectivity index (χ0) is 18.2. The van der Waals surface area contributed by atoms with E-state index in [0.717, 1.165) is 11.1 Å². The van der Waals surface area contributed by atoms with Crippen molar-refractivity contribution in [1.29, 1.82) is 0 Å². The van der Waals surface area contributed by atoms with Crippen molar-refractivity contribution in [2.75, 3.05) is 0 Å². The summed E-state index contributed by atoms with van der Waals surface area (Å²) in [4.78, 5) is 17.4. The van der Waals surface area contributed by atoms with E-state index in [1.165, 1.54) is 0 Å². The molecule has 5 nitrogen and oxygen atoms in total. The molecule has 1 aliphatic rings. The van der Waals surface area contributed by atoms with Gasteiger partial charge in [-0.2, -0.15) is 4.31 Å². The molecule has 1 fully saturated rings. The van der Waals surface area contributed by atoms with Gasteiger partial charge in [0.05, 0.1) is 10.9 Å². The highest BCUT2D eigenvalue weighted by Crippen LogP contribution is 2.46. The number of benzene rings is 1. The monoisotopic (exact) mass is 358 g/mol. The van der Waals surface area contributed by atoms with Crippen LogP contribution in [-0.4, -0.2) is 31.1 Å². The van der Waals surface area contributed by atoms with Crippen molar-refractivity contribution in [2.45, 2.75) is 50.3 Å². The number of hydrogen-bond donors (Lipinski definition) is 0. The molecule has 25 heavy (non-hydrogen) atoms. The standard InChI is InChI=1S/C19H22N2O3S/c1-13-7-9-15(10-8-13)25(23)21-16(14-6-5-11-20-12-14)17(21)18(22)24-19(2,3)4/h5-12,16-17H,1-4H3/t16-,17+,21?,25?/m1/s1. The fourth-order valence-corrected chi connectivity index (χ4v) is 4.08. The number of carbonyl (C=O) groups is 1. The molecule has 0 N–H and O–H groups in total. The van der Waals surface area contributed by atoms with Gasteiger partial charge >= 0.3 is 5.97 Å². The number of aromatic nitrogens is 1. The molecule has 0 bridgehead atoms. The highest BCUT2D eigenvalue weighted by atomic mass is 32.2. The number of hydrogen-bond acceptors (Lipinski definition) is 4. The summed E-state index contributed by atoms with van der Waals surface area (Å²) in [5.41, 5.74) is 1.37. The smallest absolute Gasteiger partial charge is 0.326 e. The van der Waals surface area contributed by atoms with Crippen molar-refractivity contribution in [3.05, 3.63) is 59.9 Å². The number of aryl methyl sites for hydroxylation is 1. The molecular formula is C19H22N2O3S. The Balaban J connectivity index is 1.88. The van der Waals surface area contributed by atoms with Gasteiger partial charge in [-0.15, -0.1) is 0 Å². The van der Waals surface area contributed by atoms with Crippen LogP contribution >= 0.6 is 0 Å². The van der Waals surface area contributed by atoms with E-state index in [1.54, 1.807) is 16.7 Å². The minimum atomic E-state index is -1.44. The second-order valence-electron chi connectivity index (χ2n) is 7.13. The molecule has 0 radical (unpaired) electrons. The van der Waals surface area contributed by atoms with E-state index in [2.05, 4.69) is 4.98 Å². The summed E-state index contributed by atoms with van der Waals surface area (Å²) in [6, 6.07) is 10.3. The minimum Gasteiger partial charge on any atom is -0.459 e. The van der Waals surface area contributed by atoms with E-state index in [-0.39, 0.29) is 12.0 Å². The van der Waals surface area contributed by atoms with Crippen LogP contribution in [0.3, 0.4) is 0 Å². The number of carbonyl (C=O) groups excluding carboxylic acids is 1. The van der Waals surface area contributed by atoms with Crippen LogP contribution in [0.15, 0.2) is 53.7 Å². The third kappa shape index (κ3) is 3.96. The third-order valence-corrected chi connectivity index (χ3v) is 5.36. The van der Waals surface area contributed by atoms with Crippen molar-refractivity contribution in [2.24, 2.45) is 0 Å². The van der Waals surface area contributed by atoms with Gasteiger partial charge in [0.15, 0.2) is 0 Å². The van der Waals surface area contributed by atoms with Crippen molar-refractivity contribution in [3.8, 4) is 0 Å². The Morgan fingerprint density at radius 3 is 2.44 bits per heavy atom. The summed E-state index contributed by atoms with van der Waals surface area (Å²) in [6.07, 6.45) is 3.38. The molecular weight excluding hydrogens is 336 g/mol. The topological polar surface area (TPSA) is 59.3 Å². The average molecular weight is 358 g/mol. The Morgan fingerprint density at radius 1 is 1.20 bits per heavy atom. The van der Waals surface area contributed by atoms with Crippen LogP contribution < -0.4 is 0 Å². The summed E-state index contributed by atoms with van der Waals surface area (Å²) >= 11 is 0. The molecule has 0 saturated carbocycles. The van der Waals surface area contributed by atoms with Crippen LogP contribution in [-0.2, 0) is 20.5 Å². The van der Waals surface area contributed by atoms with Crippen molar-refractivity contribution < 1.29 is 13.7 Å². The number of nitrogens with zero attached hydrogens (tertiary/aromatic N) is 2. The van der Waals surface area contributed by atoms with E-state index < -0.39 is 22.6 Å². The predicted octanol–water partition coefficient (Wildman–Crippen LogP) is 3.18. The molecule has 3 rings (SSSR count). The summed E-state index contributed by atoms with van der Waals surface area (Å²) < 4.78 is 20.2. The molecule has 0 aliphatic carbocycles. The zero-order valence-electron chi connectivity index (χ0n) is 14.8. The molecule has 2 heterocycles. The molecule has 4 atom stereocenters. The summed E-state index contributed by atoms with van der Waals surface area (Å²) in [7, 11) is -1.44. The van der Waals surface area contributed by atoms with Gasteiger partial charge in [-0.05, 0) is 51.5 Å². The number of esters is 1. The Labute approximate surface area is 150 Å². The lowest BCUT2D eigenvalue weighted by Crippen LogP contribution is -2.28. The van der Waals surface area contributed by atoms with Crippen LogP contribution in [0.2, 0.25) is 0 Å². The SMILES string of the molecule is Cc1ccc(S(=O)N2[C@H](C(=O)OC(C)(C)C)[C@H]2c2cccnc2)cc1. The molecule has 1 saturated heterocycles. The first-order valence-corrected chi connectivity index (χ1v) is 9.28. The van der Waals surface area contributed by atoms with Gasteiger partial charge < -0.3 is 4.74 Å². The fraction of sp³-hybridized carbons (Fsp3) is 0.368. The predicted molar refractivity (Wildman–Crippen MR) is 96.0 cm³/mol. The van der Waals surface area contributed by atoms with Crippen molar-refractivity contribution in [1.82, 2.24) is 9.29 Å². The fourth-order valence-electron chi connectivity index (χ4n) is 2.67. The molecule has 2 aromatic rings. The molecule has 1 aromatic carbocycles. The Bertz CT molecular complexity index is 785. The van der Waals surface area contributed by atoms with Crippen molar-refractivity contribution in [3.63, 3.8) is 0 Å². The maximum absolute atomic E-state index is 13.0. The van der Waals surface area contributed by atoms with Crippen LogP contribution in [0.5, 0.6) is 0 Å². The molecule has 0 amide bonds. The second kappa shape index (κ2) is 6.69. The van der Waals surface area contributed by atoms with E-state index in [9.17, 15) is 9.00 Å². The Kier molecular flexibility index (Phi) is 4.75. The number of pyridine rings is 1. The van der Waals surface area contributed by atoms with Gasteiger partial charge in [-0.1, -0.05) is 23.8 Å². The van der Waals surface area contributed by atoms with Crippen LogP contribution in [0, 0.1) is 6.92 Å². The lowest BCUT2D eigenvalue weighted by Gasteiger charge is -2.19. The first-order chi connectivity index (χ1) is 11.8. The molecule has 1 aromatic heterocycles. The van der Waals surface area contributed by atoms with Gasteiger partial charge in [0.25, 0.3) is 0 Å². The van der Waals surface area contributed by atoms with Crippen LogP contribution in [0.1, 0.15) is 37.9 Å². The normalized spacial score (nSPS) is 23.8. The maximum atomic E-state index is 13.0. The molecule has 6 heteroatoms. The number of ether oxygens (including phenoxy) is 1. The van der Waals surface area contributed by atoms with Crippen LogP contribution in [0.25, 0.3) is 0 Å². The first-order valence-electron chi connectivity index (χ1n) is 8.17. The molecule has 0 spiro atoms. The highest BCUT2D eigenvalue weighted by Gasteiger charge is 2.58. The summed E-state index contributed by atoms with van der Waals surface area (Å²) in [5, 5.41) is 0. The lowest BCUT2D eigenvalue weighted by atomic mass is 10.1. The molecule has 2 unspecified atom stereocenters. The van der Waals surface area contributed by atoms with Gasteiger partial charge in [-0.25, -0.2) is 4.21 Å². The third-order valence-electron chi connectivity index (χ3n) is 3.85. The van der Waals surface area contributed by atoms with Gasteiger partial charge in [0.1, 0.15) is 22.6 Å². The largest absolute Gasteiger partial charge is 0.459 e. The molecule has 1 aliphatic heterocycles. The van der Waals surface area contributed by atoms with E-state index in [1.807, 2.05) is 64.1 Å². The van der Waals surface area contributed by atoms with E-state index in [4.69, 9.17) is 4.74 Å². The van der Waals surface area contributed by atoms with E-state index in [0.29, 0.717) is 4.90 Å². The Morgan fingerprint density at radius 2 is 1.88 bits per heavy atom. The van der Waals surface area contributed by atoms with E-state index >= 15 is 0 Å². The van der Waals surface area contributed by atoms with Crippen molar-refractivity contribution >= 4 is 17.0 Å². The quantitative estimate of drug-likeness (QED) is 0.622. The maximum Gasteiger partial charge on any atom is 0.326 e. The zero-order valence-corrected chi connectivity index (χ0v) is 15.6.